The quantitative estimate of drug-likeness (QED) is 0.0819. The fourth-order valence-corrected chi connectivity index (χ4v) is 5.18. The van der Waals surface area contributed by atoms with Gasteiger partial charge in [-0.3, -0.25) is 0 Å². The predicted octanol–water partition coefficient (Wildman–Crippen LogP) is 8.44. The van der Waals surface area contributed by atoms with E-state index in [-0.39, 0.29) is 0 Å². The Kier molecular flexibility index (Phi) is 13.8. The van der Waals surface area contributed by atoms with Crippen molar-refractivity contribution in [2.75, 3.05) is 55.9 Å². The lowest BCUT2D eigenvalue weighted by Crippen LogP contribution is -2.00. The normalized spacial score (nSPS) is 10.8. The lowest BCUT2D eigenvalue weighted by atomic mass is 10.1. The van der Waals surface area contributed by atoms with E-state index in [1.54, 1.807) is 48.7 Å². The lowest BCUT2D eigenvalue weighted by Gasteiger charge is -2.13. The predicted molar refractivity (Wildman–Crippen MR) is 180 cm³/mol. The minimum absolute atomic E-state index is 0.517. The summed E-state index contributed by atoms with van der Waals surface area (Å²) < 4.78 is 50.3. The second-order valence-corrected chi connectivity index (χ2v) is 10.8. The number of ether oxygens (including phenoxy) is 8. The van der Waals surface area contributed by atoms with Gasteiger partial charge in [0.15, 0.2) is 40.3 Å². The van der Waals surface area contributed by atoms with Crippen LogP contribution < -0.4 is 37.9 Å². The van der Waals surface area contributed by atoms with Crippen LogP contribution in [0.3, 0.4) is 0 Å². The number of rotatable bonds is 21. The molecule has 0 spiro atoms. The maximum atomic E-state index is 6.14. The number of unbranched alkanes of at least 4 members (excludes halogenated alkanes) is 7. The third-order valence-electron chi connectivity index (χ3n) is 7.76. The summed E-state index contributed by atoms with van der Waals surface area (Å²) in [7, 11) is 9.61. The van der Waals surface area contributed by atoms with E-state index < -0.39 is 0 Å². The van der Waals surface area contributed by atoms with Crippen LogP contribution in [0.15, 0.2) is 53.1 Å². The molecule has 47 heavy (non-hydrogen) atoms. The molecule has 0 saturated carbocycles. The smallest absolute Gasteiger partial charge is 0.203 e. The van der Waals surface area contributed by atoms with Crippen molar-refractivity contribution < 1.29 is 42.4 Å². The van der Waals surface area contributed by atoms with E-state index in [9.17, 15) is 0 Å². The van der Waals surface area contributed by atoms with Crippen LogP contribution in [0.1, 0.15) is 51.4 Å². The lowest BCUT2D eigenvalue weighted by molar-refractivity contribution is 0.281. The number of benzene rings is 3. The third-order valence-corrected chi connectivity index (χ3v) is 7.76. The van der Waals surface area contributed by atoms with Gasteiger partial charge < -0.3 is 42.4 Å². The molecule has 0 bridgehead atoms. The van der Waals surface area contributed by atoms with Crippen molar-refractivity contribution >= 4 is 0 Å². The van der Waals surface area contributed by atoms with Crippen LogP contribution in [0.25, 0.3) is 22.6 Å². The Morgan fingerprint density at radius 1 is 0.553 bits per heavy atom. The summed E-state index contributed by atoms with van der Waals surface area (Å²) in [5.74, 6) is 5.50. The first kappa shape index (κ1) is 35.1. The van der Waals surface area contributed by atoms with Gasteiger partial charge in [0.25, 0.3) is 0 Å². The highest BCUT2D eigenvalue weighted by atomic mass is 16.5. The number of aromatic nitrogens is 1. The third kappa shape index (κ3) is 9.64. The summed E-state index contributed by atoms with van der Waals surface area (Å²) in [4.78, 5) is 0. The van der Waals surface area contributed by atoms with Crippen LogP contribution in [0, 0.1) is 6.07 Å². The van der Waals surface area contributed by atoms with E-state index in [4.69, 9.17) is 42.4 Å². The molecule has 0 unspecified atom stereocenters. The Morgan fingerprint density at radius 3 is 1.72 bits per heavy atom. The molecule has 1 heterocycles. The van der Waals surface area contributed by atoms with Gasteiger partial charge in [-0.1, -0.05) is 43.7 Å². The molecule has 0 aliphatic heterocycles. The largest absolute Gasteiger partial charge is 0.497 e. The van der Waals surface area contributed by atoms with Crippen molar-refractivity contribution in [1.29, 1.82) is 0 Å². The molecule has 0 saturated heterocycles. The maximum absolute atomic E-state index is 6.14. The molecule has 10 nitrogen and oxygen atoms in total. The SMILES string of the molecule is COc1c[c]c(OC)c(OCCCCCCCCCCOc2cc(-c3cc(-c4cc(OC)c(OC)c(OC)c4)no3)ccc2OC)c1. The first-order valence-corrected chi connectivity index (χ1v) is 15.9. The van der Waals surface area contributed by atoms with Crippen molar-refractivity contribution in [2.45, 2.75) is 51.4 Å². The Labute approximate surface area is 277 Å². The summed E-state index contributed by atoms with van der Waals surface area (Å²) in [6.45, 7) is 1.25. The second kappa shape index (κ2) is 18.4. The van der Waals surface area contributed by atoms with Gasteiger partial charge in [0, 0.05) is 29.3 Å². The number of hydrogen-bond acceptors (Lipinski definition) is 10. The summed E-state index contributed by atoms with van der Waals surface area (Å²) in [6.07, 6.45) is 8.98. The molecule has 253 valence electrons. The topological polar surface area (TPSA) is 99.9 Å². The zero-order valence-electron chi connectivity index (χ0n) is 28.3. The van der Waals surface area contributed by atoms with Gasteiger partial charge in [-0.15, -0.1) is 0 Å². The molecule has 0 N–H and O–H groups in total. The van der Waals surface area contributed by atoms with Crippen LogP contribution in [0.5, 0.6) is 46.0 Å². The summed E-state index contributed by atoms with van der Waals surface area (Å²) in [6, 6.07) is 17.9. The van der Waals surface area contributed by atoms with Gasteiger partial charge >= 0.3 is 0 Å². The zero-order chi connectivity index (χ0) is 33.4. The highest BCUT2D eigenvalue weighted by Crippen LogP contribution is 2.42. The van der Waals surface area contributed by atoms with Gasteiger partial charge in [-0.25, -0.2) is 0 Å². The fraction of sp³-hybridized carbons (Fsp3) is 0.432. The number of hydrogen-bond donors (Lipinski definition) is 0. The van der Waals surface area contributed by atoms with Gasteiger partial charge in [-0.05, 0) is 49.2 Å². The summed E-state index contributed by atoms with van der Waals surface area (Å²) in [5, 5.41) is 4.28. The van der Waals surface area contributed by atoms with Gasteiger partial charge in [0.05, 0.1) is 55.9 Å². The van der Waals surface area contributed by atoms with E-state index in [0.717, 1.165) is 36.8 Å². The van der Waals surface area contributed by atoms with Gasteiger partial charge in [0.2, 0.25) is 5.75 Å². The molecule has 10 heteroatoms. The highest BCUT2D eigenvalue weighted by Gasteiger charge is 2.18. The molecule has 1 radical (unpaired) electrons. The van der Waals surface area contributed by atoms with Crippen molar-refractivity contribution in [3.8, 4) is 68.6 Å². The zero-order valence-corrected chi connectivity index (χ0v) is 28.3. The Bertz CT molecular complexity index is 1510. The standard InChI is InChI=1S/C37H46NO9/c1-39-28-16-18-31(41-3)34(24-28)46-20-14-12-10-8-7-9-11-13-19-45-33-21-26(15-17-30(33)40-2)32-25-29(38-47-32)27-22-35(42-4)37(44-6)36(23-27)43-5/h15-17,21-25H,7-14,19-20H2,1-6H3. The fourth-order valence-electron chi connectivity index (χ4n) is 5.18. The Morgan fingerprint density at radius 2 is 1.15 bits per heavy atom. The minimum Gasteiger partial charge on any atom is -0.497 e. The molecule has 0 fully saturated rings. The van der Waals surface area contributed by atoms with Gasteiger partial charge in [0.1, 0.15) is 11.4 Å². The van der Waals surface area contributed by atoms with Crippen molar-refractivity contribution in [3.05, 3.63) is 54.6 Å². The maximum Gasteiger partial charge on any atom is 0.203 e. The van der Waals surface area contributed by atoms with Crippen LogP contribution >= 0.6 is 0 Å². The van der Waals surface area contributed by atoms with E-state index in [1.165, 1.54) is 25.7 Å². The molecule has 0 aliphatic carbocycles. The van der Waals surface area contributed by atoms with Crippen molar-refractivity contribution in [1.82, 2.24) is 5.16 Å². The Balaban J connectivity index is 1.18. The molecule has 0 atom stereocenters. The van der Waals surface area contributed by atoms with Gasteiger partial charge in [-0.2, -0.15) is 0 Å². The van der Waals surface area contributed by atoms with E-state index in [1.807, 2.05) is 42.5 Å². The monoisotopic (exact) mass is 648 g/mol. The molecular weight excluding hydrogens is 602 g/mol. The van der Waals surface area contributed by atoms with Crippen LogP contribution in [-0.4, -0.2) is 61.0 Å². The van der Waals surface area contributed by atoms with E-state index in [2.05, 4.69) is 11.2 Å². The highest BCUT2D eigenvalue weighted by molar-refractivity contribution is 5.72. The molecule has 0 amide bonds. The van der Waals surface area contributed by atoms with Crippen molar-refractivity contribution in [2.24, 2.45) is 0 Å². The second-order valence-electron chi connectivity index (χ2n) is 10.8. The van der Waals surface area contributed by atoms with Crippen LogP contribution in [-0.2, 0) is 0 Å². The molecule has 4 aromatic rings. The van der Waals surface area contributed by atoms with Crippen LogP contribution in [0.4, 0.5) is 0 Å². The number of nitrogens with zero attached hydrogens (tertiary/aromatic N) is 1. The van der Waals surface area contributed by atoms with E-state index in [0.29, 0.717) is 70.7 Å². The Hall–Kier alpha value is -4.73. The average molecular weight is 649 g/mol. The first-order valence-electron chi connectivity index (χ1n) is 15.9. The molecule has 0 aliphatic rings. The first-order chi connectivity index (χ1) is 23.0. The molecule has 1 aromatic heterocycles. The molecular formula is C37H46NO9. The average Bonchev–Trinajstić information content (AvgIpc) is 3.61. The number of methoxy groups -OCH3 is 6. The summed E-state index contributed by atoms with van der Waals surface area (Å²) >= 11 is 0. The summed E-state index contributed by atoms with van der Waals surface area (Å²) in [5.41, 5.74) is 2.25. The molecule has 4 rings (SSSR count). The van der Waals surface area contributed by atoms with Crippen LogP contribution in [0.2, 0.25) is 0 Å². The molecule has 3 aromatic carbocycles. The van der Waals surface area contributed by atoms with Crippen molar-refractivity contribution in [3.63, 3.8) is 0 Å². The minimum atomic E-state index is 0.517. The van der Waals surface area contributed by atoms with E-state index >= 15 is 0 Å².